The smallest absolute Gasteiger partial charge is 0.106 e. The average molecular weight is 167 g/mol. The quantitative estimate of drug-likeness (QED) is 0.550. The maximum Gasteiger partial charge on any atom is 0.106 e. The first-order valence-corrected chi connectivity index (χ1v) is 4.76. The van der Waals surface area contributed by atoms with E-state index in [9.17, 15) is 0 Å². The molecule has 3 rings (SSSR count). The molecule has 2 heteroatoms. The van der Waals surface area contributed by atoms with Gasteiger partial charge in [0.15, 0.2) is 0 Å². The van der Waals surface area contributed by atoms with E-state index in [1.54, 1.807) is 7.11 Å². The lowest BCUT2D eigenvalue weighted by atomic mass is 9.48. The summed E-state index contributed by atoms with van der Waals surface area (Å²) in [5, 5.41) is 4.11. The number of oxime groups is 1. The highest BCUT2D eigenvalue weighted by atomic mass is 16.6. The molecule has 3 fully saturated rings. The molecule has 0 spiro atoms. The van der Waals surface area contributed by atoms with Crippen LogP contribution in [0.3, 0.4) is 0 Å². The number of fused-ring (bicyclic) bond motifs is 2. The Morgan fingerprint density at radius 3 is 2.75 bits per heavy atom. The van der Waals surface area contributed by atoms with Crippen molar-refractivity contribution < 1.29 is 4.84 Å². The van der Waals surface area contributed by atoms with Crippen molar-refractivity contribution in [2.24, 2.45) is 22.4 Å². The van der Waals surface area contributed by atoms with Crippen LogP contribution in [0.15, 0.2) is 5.16 Å². The van der Waals surface area contributed by atoms with Crippen molar-refractivity contribution >= 4 is 5.71 Å². The predicted molar refractivity (Wildman–Crippen MR) is 49.1 cm³/mol. The van der Waals surface area contributed by atoms with Crippen LogP contribution in [0.1, 0.15) is 33.1 Å². The Balaban J connectivity index is 2.16. The zero-order chi connectivity index (χ0) is 8.77. The molecule has 68 valence electrons. The topological polar surface area (TPSA) is 21.6 Å². The molecule has 0 aromatic rings. The second-order valence-corrected chi connectivity index (χ2v) is 4.61. The molecule has 3 aliphatic carbocycles. The minimum absolute atomic E-state index is 0.496. The fourth-order valence-electron chi connectivity index (χ4n) is 2.79. The van der Waals surface area contributed by atoms with Gasteiger partial charge in [-0.1, -0.05) is 19.0 Å². The molecule has 2 bridgehead atoms. The first kappa shape index (κ1) is 8.09. The van der Waals surface area contributed by atoms with E-state index >= 15 is 0 Å². The molecule has 0 saturated heterocycles. The first-order valence-electron chi connectivity index (χ1n) is 4.76. The summed E-state index contributed by atoms with van der Waals surface area (Å²) in [6, 6.07) is 0. The van der Waals surface area contributed by atoms with Crippen molar-refractivity contribution in [2.45, 2.75) is 33.1 Å². The van der Waals surface area contributed by atoms with E-state index in [0.29, 0.717) is 11.3 Å². The molecule has 2 atom stereocenters. The maximum absolute atomic E-state index is 4.86. The molecular weight excluding hydrogens is 150 g/mol. The van der Waals surface area contributed by atoms with E-state index in [0.717, 1.165) is 12.3 Å². The normalized spacial score (nSPS) is 40.8. The number of hydrogen-bond donors (Lipinski definition) is 0. The van der Waals surface area contributed by atoms with E-state index in [-0.39, 0.29) is 0 Å². The fraction of sp³-hybridized carbons (Fsp3) is 0.900. The molecule has 3 saturated carbocycles. The third kappa shape index (κ3) is 0.900. The minimum atomic E-state index is 0.496. The number of rotatable bonds is 1. The van der Waals surface area contributed by atoms with Crippen LogP contribution in [0.5, 0.6) is 0 Å². The van der Waals surface area contributed by atoms with E-state index < -0.39 is 0 Å². The number of hydrogen-bond acceptors (Lipinski definition) is 2. The lowest BCUT2D eigenvalue weighted by Crippen LogP contribution is -2.52. The van der Waals surface area contributed by atoms with Crippen LogP contribution in [0.2, 0.25) is 0 Å². The zero-order valence-corrected chi connectivity index (χ0v) is 8.13. The van der Waals surface area contributed by atoms with Crippen molar-refractivity contribution in [3.8, 4) is 0 Å². The van der Waals surface area contributed by atoms with Crippen LogP contribution >= 0.6 is 0 Å². The van der Waals surface area contributed by atoms with Crippen LogP contribution in [0.4, 0.5) is 0 Å². The van der Waals surface area contributed by atoms with Crippen molar-refractivity contribution in [3.05, 3.63) is 0 Å². The molecule has 12 heavy (non-hydrogen) atoms. The second-order valence-electron chi connectivity index (χ2n) is 4.61. The summed E-state index contributed by atoms with van der Waals surface area (Å²) in [5.41, 5.74) is 1.79. The van der Waals surface area contributed by atoms with Crippen LogP contribution in [-0.4, -0.2) is 12.8 Å². The Labute approximate surface area is 74.0 Å². The number of nitrogens with zero attached hydrogens (tertiary/aromatic N) is 1. The Hall–Kier alpha value is -0.530. The van der Waals surface area contributed by atoms with Crippen LogP contribution in [0.25, 0.3) is 0 Å². The van der Waals surface area contributed by atoms with E-state index in [1.165, 1.54) is 18.6 Å². The molecule has 2 nitrogen and oxygen atoms in total. The summed E-state index contributed by atoms with van der Waals surface area (Å²) in [6.45, 7) is 4.71. The van der Waals surface area contributed by atoms with Gasteiger partial charge in [-0.05, 0) is 30.6 Å². The first-order chi connectivity index (χ1) is 5.66. The standard InChI is InChI=1S/C10H17NO/c1-10(2)7-4-5-9(11-12-3)8(10)6-7/h7-8H,4-6H2,1-3H3/b11-9+/t7-,8-/m0/s1. The molecule has 0 N–H and O–H groups in total. The second kappa shape index (κ2) is 2.48. The van der Waals surface area contributed by atoms with Crippen molar-refractivity contribution in [1.29, 1.82) is 0 Å². The summed E-state index contributed by atoms with van der Waals surface area (Å²) in [6.07, 6.45) is 3.81. The molecule has 0 radical (unpaired) electrons. The largest absolute Gasteiger partial charge is 0.399 e. The van der Waals surface area contributed by atoms with Gasteiger partial charge in [0.25, 0.3) is 0 Å². The highest BCUT2D eigenvalue weighted by molar-refractivity contribution is 5.89. The molecule has 0 aromatic heterocycles. The highest BCUT2D eigenvalue weighted by Crippen LogP contribution is 2.57. The van der Waals surface area contributed by atoms with Gasteiger partial charge in [0.1, 0.15) is 7.11 Å². The predicted octanol–water partition coefficient (Wildman–Crippen LogP) is 2.44. The van der Waals surface area contributed by atoms with Gasteiger partial charge >= 0.3 is 0 Å². The summed E-state index contributed by atoms with van der Waals surface area (Å²) >= 11 is 0. The monoisotopic (exact) mass is 167 g/mol. The van der Waals surface area contributed by atoms with Crippen LogP contribution in [0, 0.1) is 17.3 Å². The molecule has 0 aliphatic heterocycles. The van der Waals surface area contributed by atoms with Gasteiger partial charge in [0.2, 0.25) is 0 Å². The summed E-state index contributed by atoms with van der Waals surface area (Å²) in [5.74, 6) is 1.65. The van der Waals surface area contributed by atoms with E-state index in [4.69, 9.17) is 4.84 Å². The van der Waals surface area contributed by atoms with Gasteiger partial charge in [0, 0.05) is 5.92 Å². The molecular formula is C10H17NO. The highest BCUT2D eigenvalue weighted by Gasteiger charge is 2.53. The van der Waals surface area contributed by atoms with E-state index in [2.05, 4.69) is 19.0 Å². The summed E-state index contributed by atoms with van der Waals surface area (Å²) in [7, 11) is 1.64. The Bertz CT molecular complexity index is 218. The summed E-state index contributed by atoms with van der Waals surface area (Å²) < 4.78 is 0. The van der Waals surface area contributed by atoms with Crippen molar-refractivity contribution in [3.63, 3.8) is 0 Å². The molecule has 3 aliphatic rings. The van der Waals surface area contributed by atoms with Crippen molar-refractivity contribution in [2.75, 3.05) is 7.11 Å². The lowest BCUT2D eigenvalue weighted by Gasteiger charge is -2.56. The molecule has 0 aromatic carbocycles. The van der Waals surface area contributed by atoms with Gasteiger partial charge in [-0.3, -0.25) is 0 Å². The third-order valence-corrected chi connectivity index (χ3v) is 3.83. The third-order valence-electron chi connectivity index (χ3n) is 3.83. The Morgan fingerprint density at radius 2 is 2.25 bits per heavy atom. The van der Waals surface area contributed by atoms with E-state index in [1.807, 2.05) is 0 Å². The lowest BCUT2D eigenvalue weighted by molar-refractivity contribution is -0.00197. The van der Waals surface area contributed by atoms with Crippen LogP contribution < -0.4 is 0 Å². The Morgan fingerprint density at radius 1 is 1.50 bits per heavy atom. The maximum atomic E-state index is 4.86. The summed E-state index contributed by atoms with van der Waals surface area (Å²) in [4.78, 5) is 4.86. The van der Waals surface area contributed by atoms with Gasteiger partial charge in [-0.25, -0.2) is 0 Å². The molecule has 0 unspecified atom stereocenters. The van der Waals surface area contributed by atoms with Gasteiger partial charge in [-0.2, -0.15) is 0 Å². The molecule has 0 amide bonds. The fourth-order valence-corrected chi connectivity index (χ4v) is 2.79. The van der Waals surface area contributed by atoms with Gasteiger partial charge in [0.05, 0.1) is 5.71 Å². The SMILES string of the molecule is CO/N=C1\CC[C@H]2C[C@@H]1C2(C)C. The average Bonchev–Trinajstić information content (AvgIpc) is 2.05. The Kier molecular flexibility index (Phi) is 1.67. The molecule has 0 heterocycles. The van der Waals surface area contributed by atoms with Gasteiger partial charge < -0.3 is 4.84 Å². The van der Waals surface area contributed by atoms with Crippen LogP contribution in [-0.2, 0) is 4.84 Å². The van der Waals surface area contributed by atoms with Crippen molar-refractivity contribution in [1.82, 2.24) is 0 Å². The minimum Gasteiger partial charge on any atom is -0.399 e. The zero-order valence-electron chi connectivity index (χ0n) is 8.13. The van der Waals surface area contributed by atoms with Gasteiger partial charge in [-0.15, -0.1) is 0 Å².